The molecule has 3 aliphatic carbocycles. The first-order valence-corrected chi connectivity index (χ1v) is 14.8. The molecule has 1 aromatic carbocycles. The van der Waals surface area contributed by atoms with Crippen LogP contribution >= 0.6 is 0 Å². The molecule has 5 nitrogen and oxygen atoms in total. The highest BCUT2D eigenvalue weighted by molar-refractivity contribution is 7.86. The molecule has 1 N–H and O–H groups in total. The molecule has 196 valence electrons. The quantitative estimate of drug-likeness (QED) is 0.303. The van der Waals surface area contributed by atoms with Gasteiger partial charge in [0, 0.05) is 0 Å². The van der Waals surface area contributed by atoms with Crippen LogP contribution < -0.4 is 0 Å². The van der Waals surface area contributed by atoms with Crippen LogP contribution in [-0.2, 0) is 14.9 Å². The minimum absolute atomic E-state index is 0.166. The zero-order chi connectivity index (χ0) is 25.1. The molecule has 3 aliphatic rings. The predicted octanol–water partition coefficient (Wildman–Crippen LogP) is 7.47. The van der Waals surface area contributed by atoms with Crippen LogP contribution in [-0.4, -0.2) is 30.8 Å². The first-order chi connectivity index (χ1) is 16.7. The van der Waals surface area contributed by atoms with E-state index in [1.807, 2.05) is 0 Å². The fraction of sp³-hybridized carbons (Fsp3) is 0.741. The van der Waals surface area contributed by atoms with Crippen molar-refractivity contribution < 1.29 is 31.3 Å². The van der Waals surface area contributed by atoms with E-state index in [2.05, 4.69) is 12.1 Å². The van der Waals surface area contributed by atoms with Crippen molar-refractivity contribution >= 4 is 16.1 Å². The lowest BCUT2D eigenvalue weighted by molar-refractivity contribution is -0.00973. The molecular formula is C27H38F2O5S. The second kappa shape index (κ2) is 11.2. The molecule has 0 radical (unpaired) electrons. The van der Waals surface area contributed by atoms with Crippen molar-refractivity contribution in [1.82, 2.24) is 0 Å². The third-order valence-corrected chi connectivity index (χ3v) is 9.21. The maximum Gasteiger partial charge on any atom is 0.402 e. The first-order valence-electron chi connectivity index (χ1n) is 13.4. The van der Waals surface area contributed by atoms with Gasteiger partial charge in [0.15, 0.2) is 6.61 Å². The number of rotatable bonds is 7. The van der Waals surface area contributed by atoms with Crippen LogP contribution in [0.15, 0.2) is 12.1 Å². The number of benzene rings is 1. The molecule has 0 aliphatic heterocycles. The van der Waals surface area contributed by atoms with Crippen LogP contribution in [0.1, 0.15) is 141 Å². The van der Waals surface area contributed by atoms with Crippen LogP contribution in [0.2, 0.25) is 0 Å². The average Bonchev–Trinajstić information content (AvgIpc) is 2.87. The Morgan fingerprint density at radius 2 is 1.20 bits per heavy atom. The Bertz CT molecular complexity index is 950. The molecule has 0 atom stereocenters. The van der Waals surface area contributed by atoms with Crippen molar-refractivity contribution in [3.05, 3.63) is 34.4 Å². The van der Waals surface area contributed by atoms with Crippen molar-refractivity contribution in [3.8, 4) is 0 Å². The minimum atomic E-state index is -5.67. The highest BCUT2D eigenvalue weighted by Crippen LogP contribution is 2.44. The summed E-state index contributed by atoms with van der Waals surface area (Å²) in [6.07, 6.45) is 16.2. The summed E-state index contributed by atoms with van der Waals surface area (Å²) in [6, 6.07) is 4.27. The van der Waals surface area contributed by atoms with Gasteiger partial charge in [-0.2, -0.15) is 17.2 Å². The largest absolute Gasteiger partial charge is 0.454 e. The first kappa shape index (κ1) is 26.5. The molecule has 0 saturated heterocycles. The lowest BCUT2D eigenvalue weighted by atomic mass is 9.73. The number of hydrogen-bond acceptors (Lipinski definition) is 4. The Morgan fingerprint density at radius 1 is 0.800 bits per heavy atom. The zero-order valence-electron chi connectivity index (χ0n) is 20.4. The van der Waals surface area contributed by atoms with Crippen molar-refractivity contribution in [2.75, 3.05) is 6.61 Å². The van der Waals surface area contributed by atoms with E-state index in [0.717, 1.165) is 88.2 Å². The highest BCUT2D eigenvalue weighted by atomic mass is 32.2. The van der Waals surface area contributed by atoms with Gasteiger partial charge < -0.3 is 4.74 Å². The summed E-state index contributed by atoms with van der Waals surface area (Å²) in [6.45, 7) is -1.69. The Hall–Kier alpha value is -1.54. The second-order valence-corrected chi connectivity index (χ2v) is 12.3. The van der Waals surface area contributed by atoms with Crippen LogP contribution in [0.5, 0.6) is 0 Å². The maximum absolute atomic E-state index is 13.9. The van der Waals surface area contributed by atoms with Gasteiger partial charge in [-0.15, -0.1) is 0 Å². The summed E-state index contributed by atoms with van der Waals surface area (Å²) in [4.78, 5) is 13.4. The van der Waals surface area contributed by atoms with Gasteiger partial charge in [-0.3, -0.25) is 4.55 Å². The number of halogens is 2. The van der Waals surface area contributed by atoms with Gasteiger partial charge in [-0.25, -0.2) is 4.79 Å². The molecule has 0 aromatic heterocycles. The summed E-state index contributed by atoms with van der Waals surface area (Å²) in [5, 5.41) is -4.54. The van der Waals surface area contributed by atoms with Crippen molar-refractivity contribution in [1.29, 1.82) is 0 Å². The Balaban J connectivity index is 1.76. The molecule has 35 heavy (non-hydrogen) atoms. The maximum atomic E-state index is 13.9. The van der Waals surface area contributed by atoms with Crippen LogP contribution in [0.25, 0.3) is 0 Å². The number of alkyl halides is 2. The average molecular weight is 513 g/mol. The number of carbonyl (C=O) groups excluding carboxylic acids is 1. The van der Waals surface area contributed by atoms with E-state index >= 15 is 0 Å². The molecular weight excluding hydrogens is 474 g/mol. The smallest absolute Gasteiger partial charge is 0.402 e. The van der Waals surface area contributed by atoms with Crippen LogP contribution in [0.3, 0.4) is 0 Å². The van der Waals surface area contributed by atoms with Gasteiger partial charge in [0.25, 0.3) is 0 Å². The fourth-order valence-corrected chi connectivity index (χ4v) is 6.59. The van der Waals surface area contributed by atoms with E-state index < -0.39 is 27.9 Å². The standard InChI is InChI=1S/C27H38F2O5S/c28-27(29,35(31,32)33)18-34-26(30)25-23(20-12-6-2-7-13-20)16-22(19-10-4-1-5-11-19)17-24(25)21-14-8-3-9-15-21/h16-17,19-21H,1-15,18H2,(H,31,32,33). The molecule has 4 rings (SSSR count). The highest BCUT2D eigenvalue weighted by Gasteiger charge is 2.46. The lowest BCUT2D eigenvalue weighted by Crippen LogP contribution is -2.35. The molecule has 0 bridgehead atoms. The molecule has 8 heteroatoms. The van der Waals surface area contributed by atoms with Gasteiger partial charge >= 0.3 is 21.3 Å². The van der Waals surface area contributed by atoms with Gasteiger partial charge in [0.1, 0.15) is 0 Å². The van der Waals surface area contributed by atoms with Crippen molar-refractivity contribution in [2.45, 2.75) is 119 Å². The third-order valence-electron chi connectivity index (χ3n) is 8.34. The van der Waals surface area contributed by atoms with E-state index in [1.165, 1.54) is 24.8 Å². The molecule has 0 amide bonds. The molecule has 3 fully saturated rings. The number of ether oxygens (including phenoxy) is 1. The normalized spacial score (nSPS) is 21.7. The molecule has 0 spiro atoms. The summed E-state index contributed by atoms with van der Waals surface area (Å²) < 4.78 is 63.7. The lowest BCUT2D eigenvalue weighted by Gasteiger charge is -2.32. The summed E-state index contributed by atoms with van der Waals surface area (Å²) in [7, 11) is -5.67. The second-order valence-electron chi connectivity index (χ2n) is 10.8. The Kier molecular flexibility index (Phi) is 8.52. The van der Waals surface area contributed by atoms with Gasteiger partial charge in [0.05, 0.1) is 5.56 Å². The van der Waals surface area contributed by atoms with Gasteiger partial charge in [-0.05, 0) is 73.0 Å². The molecule has 3 saturated carbocycles. The fourth-order valence-electron chi connectivity index (χ4n) is 6.39. The van der Waals surface area contributed by atoms with E-state index in [4.69, 9.17) is 9.29 Å². The monoisotopic (exact) mass is 512 g/mol. The van der Waals surface area contributed by atoms with Crippen LogP contribution in [0, 0.1) is 0 Å². The van der Waals surface area contributed by atoms with Gasteiger partial charge in [-0.1, -0.05) is 69.9 Å². The summed E-state index contributed by atoms with van der Waals surface area (Å²) >= 11 is 0. The minimum Gasteiger partial charge on any atom is -0.454 e. The molecule has 0 unspecified atom stereocenters. The van der Waals surface area contributed by atoms with E-state index in [9.17, 15) is 22.0 Å². The van der Waals surface area contributed by atoms with Crippen LogP contribution in [0.4, 0.5) is 8.78 Å². The zero-order valence-corrected chi connectivity index (χ0v) is 21.3. The van der Waals surface area contributed by atoms with Gasteiger partial charge in [0.2, 0.25) is 0 Å². The molecule has 0 heterocycles. The number of hydrogen-bond donors (Lipinski definition) is 1. The van der Waals surface area contributed by atoms with E-state index in [1.54, 1.807) is 0 Å². The third kappa shape index (κ3) is 6.24. The molecule has 1 aromatic rings. The topological polar surface area (TPSA) is 80.7 Å². The van der Waals surface area contributed by atoms with E-state index in [-0.39, 0.29) is 11.8 Å². The Labute approximate surface area is 207 Å². The predicted molar refractivity (Wildman–Crippen MR) is 131 cm³/mol. The number of carbonyl (C=O) groups is 1. The van der Waals surface area contributed by atoms with Crippen molar-refractivity contribution in [2.24, 2.45) is 0 Å². The Morgan fingerprint density at radius 3 is 1.60 bits per heavy atom. The number of esters is 1. The van der Waals surface area contributed by atoms with E-state index in [0.29, 0.717) is 11.5 Å². The van der Waals surface area contributed by atoms with Crippen molar-refractivity contribution in [3.63, 3.8) is 0 Å². The summed E-state index contributed by atoms with van der Waals surface area (Å²) in [5.74, 6) is -0.120. The summed E-state index contributed by atoms with van der Waals surface area (Å²) in [5.41, 5.74) is 3.42. The SMILES string of the molecule is O=C(OCC(F)(F)S(=O)(=O)O)c1c(C2CCCCC2)cc(C2CCCCC2)cc1C1CCCCC1.